The maximum absolute atomic E-state index is 13.6. The third-order valence-electron chi connectivity index (χ3n) is 7.89. The van der Waals surface area contributed by atoms with Crippen LogP contribution in [-0.4, -0.2) is 57.4 Å². The van der Waals surface area contributed by atoms with Gasteiger partial charge in [-0.25, -0.2) is 0 Å². The number of hydrogen-bond donors (Lipinski definition) is 0. The molecule has 194 valence electrons. The number of amides is 3. The molecule has 3 amide bonds. The van der Waals surface area contributed by atoms with E-state index in [0.29, 0.717) is 17.7 Å². The van der Waals surface area contributed by atoms with E-state index < -0.39 is 0 Å². The van der Waals surface area contributed by atoms with Crippen molar-refractivity contribution < 1.29 is 14.4 Å². The molecule has 0 radical (unpaired) electrons. The predicted octanol–water partition coefficient (Wildman–Crippen LogP) is 4.33. The molecule has 8 nitrogen and oxygen atoms in total. The summed E-state index contributed by atoms with van der Waals surface area (Å²) < 4.78 is 1.86. The molecule has 5 rings (SSSR count). The van der Waals surface area contributed by atoms with Crippen LogP contribution in [0.4, 0.5) is 5.69 Å². The summed E-state index contributed by atoms with van der Waals surface area (Å²) in [6.07, 6.45) is 1.64. The summed E-state index contributed by atoms with van der Waals surface area (Å²) in [6.45, 7) is 7.60. The number of imide groups is 1. The van der Waals surface area contributed by atoms with Crippen molar-refractivity contribution in [2.75, 3.05) is 25.0 Å². The van der Waals surface area contributed by atoms with E-state index in [0.717, 1.165) is 46.9 Å². The van der Waals surface area contributed by atoms with Crippen LogP contribution in [0.2, 0.25) is 0 Å². The van der Waals surface area contributed by atoms with Gasteiger partial charge in [0, 0.05) is 43.3 Å². The van der Waals surface area contributed by atoms with Crippen molar-refractivity contribution in [1.82, 2.24) is 19.6 Å². The summed E-state index contributed by atoms with van der Waals surface area (Å²) in [4.78, 5) is 46.4. The zero-order valence-corrected chi connectivity index (χ0v) is 22.8. The van der Waals surface area contributed by atoms with E-state index in [1.54, 1.807) is 6.07 Å². The summed E-state index contributed by atoms with van der Waals surface area (Å²) in [6, 6.07) is 9.23. The first-order chi connectivity index (χ1) is 17.7. The zero-order valence-electron chi connectivity index (χ0n) is 22.0. The van der Waals surface area contributed by atoms with Crippen LogP contribution in [0.15, 0.2) is 35.7 Å². The number of piperidine rings is 1. The highest BCUT2D eigenvalue weighted by atomic mass is 32.1. The second-order valence-electron chi connectivity index (χ2n) is 10.1. The molecule has 2 atom stereocenters. The minimum atomic E-state index is -0.259. The number of nitrogens with zero attached hydrogens (tertiary/aromatic N) is 5. The van der Waals surface area contributed by atoms with Gasteiger partial charge in [0.1, 0.15) is 0 Å². The molecule has 0 saturated carbocycles. The van der Waals surface area contributed by atoms with Gasteiger partial charge in [-0.1, -0.05) is 12.1 Å². The van der Waals surface area contributed by atoms with Gasteiger partial charge in [-0.2, -0.15) is 5.10 Å². The fourth-order valence-electron chi connectivity index (χ4n) is 5.75. The average molecular weight is 520 g/mol. The number of rotatable bonds is 6. The Morgan fingerprint density at radius 2 is 1.97 bits per heavy atom. The molecule has 0 unspecified atom stereocenters. The highest BCUT2D eigenvalue weighted by Crippen LogP contribution is 2.36. The Bertz CT molecular complexity index is 1360. The number of aryl methyl sites for hydroxylation is 2. The third kappa shape index (κ3) is 4.35. The quantitative estimate of drug-likeness (QED) is 0.453. The van der Waals surface area contributed by atoms with Crippen molar-refractivity contribution in [3.05, 3.63) is 68.7 Å². The number of fused-ring (bicyclic) bond motifs is 1. The molecule has 0 spiro atoms. The SMILES string of the molecule is Cc1nn(C)c(C)c1[C@H](C)N(C)C(=O)[C@@H]1CCCN(c2cccc3c2C(=O)N(Cc2cccs2)C3=O)C1. The van der Waals surface area contributed by atoms with E-state index in [1.165, 1.54) is 16.2 Å². The first-order valence-electron chi connectivity index (χ1n) is 12.7. The second kappa shape index (κ2) is 9.78. The molecule has 0 N–H and O–H groups in total. The van der Waals surface area contributed by atoms with Gasteiger partial charge in [-0.15, -0.1) is 11.3 Å². The molecule has 2 aliphatic rings. The van der Waals surface area contributed by atoms with Gasteiger partial charge in [0.05, 0.1) is 41.0 Å². The summed E-state index contributed by atoms with van der Waals surface area (Å²) in [5, 5.41) is 6.46. The lowest BCUT2D eigenvalue weighted by molar-refractivity contribution is -0.136. The summed E-state index contributed by atoms with van der Waals surface area (Å²) in [5.74, 6) is -0.612. The monoisotopic (exact) mass is 519 g/mol. The van der Waals surface area contributed by atoms with Crippen molar-refractivity contribution in [3.8, 4) is 0 Å². The molecule has 0 aliphatic carbocycles. The van der Waals surface area contributed by atoms with E-state index in [2.05, 4.69) is 10.00 Å². The van der Waals surface area contributed by atoms with Crippen LogP contribution in [0.25, 0.3) is 0 Å². The van der Waals surface area contributed by atoms with Gasteiger partial charge in [0.15, 0.2) is 0 Å². The normalized spacial score (nSPS) is 18.4. The largest absolute Gasteiger partial charge is 0.370 e. The maximum Gasteiger partial charge on any atom is 0.264 e. The first-order valence-corrected chi connectivity index (χ1v) is 13.6. The molecule has 1 saturated heterocycles. The fourth-order valence-corrected chi connectivity index (χ4v) is 6.44. The Balaban J connectivity index is 1.36. The molecule has 1 aromatic carbocycles. The Morgan fingerprint density at radius 1 is 1.19 bits per heavy atom. The number of hydrogen-bond acceptors (Lipinski definition) is 6. The van der Waals surface area contributed by atoms with Gasteiger partial charge in [0.2, 0.25) is 5.91 Å². The van der Waals surface area contributed by atoms with Crippen molar-refractivity contribution in [3.63, 3.8) is 0 Å². The van der Waals surface area contributed by atoms with Crippen LogP contribution in [-0.2, 0) is 18.4 Å². The lowest BCUT2D eigenvalue weighted by atomic mass is 9.94. The van der Waals surface area contributed by atoms with Gasteiger partial charge in [0.25, 0.3) is 11.8 Å². The summed E-state index contributed by atoms with van der Waals surface area (Å²) in [7, 11) is 3.79. The van der Waals surface area contributed by atoms with Crippen molar-refractivity contribution in [1.29, 1.82) is 0 Å². The second-order valence-corrected chi connectivity index (χ2v) is 11.1. The maximum atomic E-state index is 13.6. The first kappa shape index (κ1) is 25.2. The lowest BCUT2D eigenvalue weighted by Gasteiger charge is -2.37. The van der Waals surface area contributed by atoms with Gasteiger partial charge < -0.3 is 9.80 Å². The van der Waals surface area contributed by atoms with E-state index in [1.807, 2.05) is 74.1 Å². The van der Waals surface area contributed by atoms with Crippen LogP contribution in [0.3, 0.4) is 0 Å². The van der Waals surface area contributed by atoms with Crippen LogP contribution >= 0.6 is 11.3 Å². The molecular weight excluding hydrogens is 486 g/mol. The number of anilines is 1. The molecular formula is C28H33N5O3S. The van der Waals surface area contributed by atoms with E-state index in [-0.39, 0.29) is 36.2 Å². The minimum Gasteiger partial charge on any atom is -0.370 e. The van der Waals surface area contributed by atoms with Crippen molar-refractivity contribution >= 4 is 34.7 Å². The Kier molecular flexibility index (Phi) is 6.66. The average Bonchev–Trinajstić information content (AvgIpc) is 3.57. The minimum absolute atomic E-state index is 0.0918. The Morgan fingerprint density at radius 3 is 2.65 bits per heavy atom. The topological polar surface area (TPSA) is 78.8 Å². The predicted molar refractivity (Wildman–Crippen MR) is 144 cm³/mol. The highest BCUT2D eigenvalue weighted by molar-refractivity contribution is 7.09. The van der Waals surface area contributed by atoms with Gasteiger partial charge in [-0.3, -0.25) is 24.0 Å². The number of carbonyl (C=O) groups excluding carboxylic acids is 3. The number of thiophene rings is 1. The van der Waals surface area contributed by atoms with Crippen LogP contribution in [0, 0.1) is 19.8 Å². The molecule has 9 heteroatoms. The van der Waals surface area contributed by atoms with Gasteiger partial charge >= 0.3 is 0 Å². The zero-order chi connectivity index (χ0) is 26.4. The number of benzene rings is 1. The lowest BCUT2D eigenvalue weighted by Crippen LogP contribution is -2.45. The molecule has 2 aliphatic heterocycles. The van der Waals surface area contributed by atoms with E-state index in [9.17, 15) is 14.4 Å². The Hall–Kier alpha value is -3.46. The van der Waals surface area contributed by atoms with E-state index in [4.69, 9.17) is 0 Å². The highest BCUT2D eigenvalue weighted by Gasteiger charge is 2.40. The van der Waals surface area contributed by atoms with Crippen LogP contribution in [0.5, 0.6) is 0 Å². The van der Waals surface area contributed by atoms with Crippen LogP contribution in [0.1, 0.15) is 68.4 Å². The smallest absolute Gasteiger partial charge is 0.264 e. The summed E-state index contributed by atoms with van der Waals surface area (Å²) in [5.41, 5.74) is 4.73. The molecule has 37 heavy (non-hydrogen) atoms. The Labute approximate surface area is 221 Å². The summed E-state index contributed by atoms with van der Waals surface area (Å²) >= 11 is 1.53. The van der Waals surface area contributed by atoms with Crippen molar-refractivity contribution in [2.24, 2.45) is 13.0 Å². The number of carbonyl (C=O) groups is 3. The van der Waals surface area contributed by atoms with Crippen LogP contribution < -0.4 is 4.90 Å². The molecule has 2 aromatic heterocycles. The standard InChI is InChI=1S/C28H33N5O3S/c1-17-24(19(3)31(5)29-17)18(2)30(4)26(34)20-9-7-13-32(15-20)23-12-6-11-22-25(23)28(36)33(27(22)35)16-21-10-8-14-37-21/h6,8,10-12,14,18,20H,7,9,13,15-16H2,1-5H3/t18-,20+/m0/s1. The number of aromatic nitrogens is 2. The third-order valence-corrected chi connectivity index (χ3v) is 8.75. The molecule has 3 aromatic rings. The molecule has 0 bridgehead atoms. The molecule has 1 fully saturated rings. The fraction of sp³-hybridized carbons (Fsp3) is 0.429. The van der Waals surface area contributed by atoms with Crippen molar-refractivity contribution in [2.45, 2.75) is 46.2 Å². The molecule has 4 heterocycles. The van der Waals surface area contributed by atoms with Gasteiger partial charge in [-0.05, 0) is 57.2 Å². The van der Waals surface area contributed by atoms with E-state index >= 15 is 0 Å².